The van der Waals surface area contributed by atoms with E-state index in [4.69, 9.17) is 5.73 Å². The van der Waals surface area contributed by atoms with E-state index in [0.717, 1.165) is 5.56 Å². The third kappa shape index (κ3) is 4.35. The number of benzene rings is 1. The highest BCUT2D eigenvalue weighted by Crippen LogP contribution is 2.09. The summed E-state index contributed by atoms with van der Waals surface area (Å²) in [6, 6.07) is 9.38. The van der Waals surface area contributed by atoms with Crippen LogP contribution in [0.2, 0.25) is 0 Å². The lowest BCUT2D eigenvalue weighted by atomic mass is 10.1. The molecule has 19 heavy (non-hydrogen) atoms. The predicted molar refractivity (Wildman–Crippen MR) is 68.8 cm³/mol. The van der Waals surface area contributed by atoms with Crippen molar-refractivity contribution in [2.24, 2.45) is 5.73 Å². The number of carbonyl (C=O) groups is 2. The molecule has 6 heteroatoms. The number of hydrogen-bond acceptors (Lipinski definition) is 6. The summed E-state index contributed by atoms with van der Waals surface area (Å²) in [6.07, 6.45) is -0.303. The van der Waals surface area contributed by atoms with Crippen molar-refractivity contribution in [2.45, 2.75) is 18.6 Å². The Morgan fingerprint density at radius 3 is 2.37 bits per heavy atom. The third-order valence-electron chi connectivity index (χ3n) is 2.65. The van der Waals surface area contributed by atoms with Gasteiger partial charge in [0.15, 0.2) is 5.66 Å². The second kappa shape index (κ2) is 6.86. The van der Waals surface area contributed by atoms with Gasteiger partial charge in [0.05, 0.1) is 20.6 Å². The Morgan fingerprint density at radius 2 is 1.84 bits per heavy atom. The molecule has 0 spiro atoms. The van der Waals surface area contributed by atoms with E-state index in [9.17, 15) is 9.59 Å². The molecule has 0 aliphatic rings. The average molecular weight is 266 g/mol. The molecule has 0 aliphatic heterocycles. The Morgan fingerprint density at radius 1 is 1.21 bits per heavy atom. The molecule has 0 aromatic heterocycles. The highest BCUT2D eigenvalue weighted by Gasteiger charge is 2.37. The fraction of sp³-hybridized carbons (Fsp3) is 0.385. The van der Waals surface area contributed by atoms with Crippen LogP contribution in [0.4, 0.5) is 0 Å². The average Bonchev–Trinajstić information content (AvgIpc) is 2.45. The molecule has 1 unspecified atom stereocenters. The monoisotopic (exact) mass is 266 g/mol. The predicted octanol–water partition coefficient (Wildman–Crippen LogP) is 0.167. The molecule has 6 nitrogen and oxygen atoms in total. The fourth-order valence-electron chi connectivity index (χ4n) is 1.54. The first-order valence-corrected chi connectivity index (χ1v) is 5.75. The molecule has 0 saturated heterocycles. The van der Waals surface area contributed by atoms with Crippen LogP contribution in [0, 0.1) is 0 Å². The summed E-state index contributed by atoms with van der Waals surface area (Å²) in [6.45, 7) is 0.337. The molecule has 1 aromatic rings. The molecule has 0 bridgehead atoms. The van der Waals surface area contributed by atoms with Gasteiger partial charge in [0, 0.05) is 6.54 Å². The third-order valence-corrected chi connectivity index (χ3v) is 2.65. The molecule has 1 rings (SSSR count). The fourth-order valence-corrected chi connectivity index (χ4v) is 1.54. The molecule has 0 amide bonds. The molecular formula is C13H18N2O4. The van der Waals surface area contributed by atoms with E-state index in [0.29, 0.717) is 6.54 Å². The number of rotatable bonds is 6. The van der Waals surface area contributed by atoms with E-state index in [1.165, 1.54) is 14.2 Å². The van der Waals surface area contributed by atoms with Crippen molar-refractivity contribution in [2.75, 3.05) is 14.2 Å². The lowest BCUT2D eigenvalue weighted by molar-refractivity contribution is -0.155. The maximum atomic E-state index is 11.7. The summed E-state index contributed by atoms with van der Waals surface area (Å²) < 4.78 is 9.14. The van der Waals surface area contributed by atoms with Crippen LogP contribution in [0.25, 0.3) is 0 Å². The zero-order valence-electron chi connectivity index (χ0n) is 11.0. The van der Waals surface area contributed by atoms with Crippen molar-refractivity contribution in [3.8, 4) is 0 Å². The van der Waals surface area contributed by atoms with E-state index in [1.807, 2.05) is 30.3 Å². The normalized spacial score (nSPS) is 13.4. The first-order valence-electron chi connectivity index (χ1n) is 5.75. The van der Waals surface area contributed by atoms with E-state index in [2.05, 4.69) is 14.8 Å². The molecular weight excluding hydrogens is 248 g/mol. The summed E-state index contributed by atoms with van der Waals surface area (Å²) in [5.41, 5.74) is 5.23. The Balaban J connectivity index is 2.74. The second-order valence-corrected chi connectivity index (χ2v) is 4.05. The molecule has 0 radical (unpaired) electrons. The molecule has 0 saturated carbocycles. The quantitative estimate of drug-likeness (QED) is 0.563. The number of hydrogen-bond donors (Lipinski definition) is 2. The van der Waals surface area contributed by atoms with Crippen LogP contribution in [0.15, 0.2) is 30.3 Å². The first-order chi connectivity index (χ1) is 9.01. The van der Waals surface area contributed by atoms with Gasteiger partial charge < -0.3 is 15.2 Å². The number of methoxy groups -OCH3 is 2. The number of ether oxygens (including phenoxy) is 2. The molecule has 104 valence electrons. The highest BCUT2D eigenvalue weighted by atomic mass is 16.5. The van der Waals surface area contributed by atoms with Crippen LogP contribution < -0.4 is 11.1 Å². The minimum Gasteiger partial charge on any atom is -0.469 e. The van der Waals surface area contributed by atoms with Crippen LogP contribution in [-0.2, 0) is 25.6 Å². The number of esters is 2. The Bertz CT molecular complexity index is 436. The summed E-state index contributed by atoms with van der Waals surface area (Å²) in [7, 11) is 2.45. The van der Waals surface area contributed by atoms with Crippen LogP contribution in [0.3, 0.4) is 0 Å². The first kappa shape index (κ1) is 15.1. The lowest BCUT2D eigenvalue weighted by Gasteiger charge is -2.26. The number of carbonyl (C=O) groups excluding carboxylic acids is 2. The van der Waals surface area contributed by atoms with Crippen molar-refractivity contribution >= 4 is 11.9 Å². The minimum absolute atomic E-state index is 0.303. The van der Waals surface area contributed by atoms with Gasteiger partial charge in [-0.3, -0.25) is 10.1 Å². The van der Waals surface area contributed by atoms with Crippen LogP contribution in [0.1, 0.15) is 12.0 Å². The van der Waals surface area contributed by atoms with Crippen molar-refractivity contribution < 1.29 is 19.1 Å². The summed E-state index contributed by atoms with van der Waals surface area (Å²) in [5.74, 6) is -1.30. The van der Waals surface area contributed by atoms with Crippen LogP contribution in [0.5, 0.6) is 0 Å². The standard InChI is InChI=1S/C13H18N2O4/c1-18-11(16)8-13(14,12(17)19-2)15-9-10-6-4-3-5-7-10/h3-7,15H,8-9,14H2,1-2H3. The van der Waals surface area contributed by atoms with Gasteiger partial charge in [0.25, 0.3) is 0 Å². The van der Waals surface area contributed by atoms with Gasteiger partial charge in [0.2, 0.25) is 0 Å². The van der Waals surface area contributed by atoms with Gasteiger partial charge in [-0.15, -0.1) is 0 Å². The maximum absolute atomic E-state index is 11.7. The summed E-state index contributed by atoms with van der Waals surface area (Å²) in [5, 5.41) is 2.83. The van der Waals surface area contributed by atoms with Gasteiger partial charge in [-0.25, -0.2) is 4.79 Å². The van der Waals surface area contributed by atoms with E-state index in [1.54, 1.807) is 0 Å². The topological polar surface area (TPSA) is 90.6 Å². The van der Waals surface area contributed by atoms with Crippen molar-refractivity contribution in [3.05, 3.63) is 35.9 Å². The van der Waals surface area contributed by atoms with Gasteiger partial charge in [-0.2, -0.15) is 0 Å². The van der Waals surface area contributed by atoms with Crippen LogP contribution in [-0.4, -0.2) is 31.8 Å². The maximum Gasteiger partial charge on any atom is 0.341 e. The number of nitrogens with two attached hydrogens (primary N) is 1. The van der Waals surface area contributed by atoms with E-state index < -0.39 is 17.6 Å². The van der Waals surface area contributed by atoms with E-state index >= 15 is 0 Å². The minimum atomic E-state index is -1.60. The van der Waals surface area contributed by atoms with Gasteiger partial charge in [-0.1, -0.05) is 30.3 Å². The highest BCUT2D eigenvalue weighted by molar-refractivity contribution is 5.86. The van der Waals surface area contributed by atoms with Gasteiger partial charge in [0.1, 0.15) is 0 Å². The number of nitrogens with one attached hydrogen (secondary N) is 1. The van der Waals surface area contributed by atoms with Crippen molar-refractivity contribution in [1.29, 1.82) is 0 Å². The Kier molecular flexibility index (Phi) is 5.47. The van der Waals surface area contributed by atoms with Crippen molar-refractivity contribution in [3.63, 3.8) is 0 Å². The zero-order valence-corrected chi connectivity index (χ0v) is 11.0. The largest absolute Gasteiger partial charge is 0.469 e. The lowest BCUT2D eigenvalue weighted by Crippen LogP contribution is -2.61. The van der Waals surface area contributed by atoms with Crippen molar-refractivity contribution in [1.82, 2.24) is 5.32 Å². The summed E-state index contributed by atoms with van der Waals surface area (Å²) >= 11 is 0. The molecule has 0 aliphatic carbocycles. The van der Waals surface area contributed by atoms with Crippen LogP contribution >= 0.6 is 0 Å². The van der Waals surface area contributed by atoms with E-state index in [-0.39, 0.29) is 6.42 Å². The molecule has 0 heterocycles. The Labute approximate surface area is 111 Å². The summed E-state index contributed by atoms with van der Waals surface area (Å²) in [4.78, 5) is 23.0. The van der Waals surface area contributed by atoms with Gasteiger partial charge >= 0.3 is 11.9 Å². The SMILES string of the molecule is COC(=O)CC(N)(NCc1ccccc1)C(=O)OC. The van der Waals surface area contributed by atoms with Gasteiger partial charge in [-0.05, 0) is 5.56 Å². The Hall–Kier alpha value is -1.92. The molecule has 3 N–H and O–H groups in total. The molecule has 0 fully saturated rings. The second-order valence-electron chi connectivity index (χ2n) is 4.05. The smallest absolute Gasteiger partial charge is 0.341 e. The molecule has 1 atom stereocenters. The zero-order chi connectivity index (χ0) is 14.3. The molecule has 1 aromatic carbocycles.